The van der Waals surface area contributed by atoms with Crippen LogP contribution < -0.4 is 4.90 Å². The standard InChI is InChI=1S/C28H32N2O4/c1-29-23(15-20-8-9-21(27(32)33)16-24(20)29)19-6-4-18(5-7-19)22-17-28(22)10-12-30(13-11-28)26(31)25-3-2-14-34-25/h4-9,16,22-23,25H,2-3,10-15,17H2,1H3,(H,32,33)/t22-,23?,25+/m0/s1. The summed E-state index contributed by atoms with van der Waals surface area (Å²) in [5.74, 6) is -0.0892. The van der Waals surface area contributed by atoms with Gasteiger partial charge in [0.15, 0.2) is 0 Å². The second-order valence-corrected chi connectivity index (χ2v) is 10.6. The first-order valence-corrected chi connectivity index (χ1v) is 12.5. The maximum atomic E-state index is 12.7. The van der Waals surface area contributed by atoms with Crippen molar-refractivity contribution in [1.29, 1.82) is 0 Å². The Hall–Kier alpha value is -2.86. The first-order chi connectivity index (χ1) is 16.4. The number of benzene rings is 2. The van der Waals surface area contributed by atoms with Gasteiger partial charge in [-0.15, -0.1) is 0 Å². The van der Waals surface area contributed by atoms with Gasteiger partial charge >= 0.3 is 5.97 Å². The van der Waals surface area contributed by atoms with Gasteiger partial charge in [0, 0.05) is 32.4 Å². The highest BCUT2D eigenvalue weighted by atomic mass is 16.5. The number of carbonyl (C=O) groups is 2. The minimum atomic E-state index is -0.885. The van der Waals surface area contributed by atoms with Crippen molar-refractivity contribution < 1.29 is 19.4 Å². The van der Waals surface area contributed by atoms with E-state index in [0.717, 1.165) is 57.5 Å². The maximum absolute atomic E-state index is 12.7. The summed E-state index contributed by atoms with van der Waals surface area (Å²) in [5.41, 5.74) is 5.60. The van der Waals surface area contributed by atoms with Crippen LogP contribution in [0.1, 0.15) is 71.1 Å². The van der Waals surface area contributed by atoms with Gasteiger partial charge < -0.3 is 19.6 Å². The van der Waals surface area contributed by atoms with Crippen LogP contribution in [0.2, 0.25) is 0 Å². The molecule has 1 saturated carbocycles. The predicted octanol–water partition coefficient (Wildman–Crippen LogP) is 4.39. The van der Waals surface area contributed by atoms with Crippen LogP contribution >= 0.6 is 0 Å². The lowest BCUT2D eigenvalue weighted by Gasteiger charge is -2.34. The third-order valence-electron chi connectivity index (χ3n) is 8.78. The predicted molar refractivity (Wildman–Crippen MR) is 129 cm³/mol. The number of likely N-dealkylation sites (tertiary alicyclic amines) is 1. The van der Waals surface area contributed by atoms with E-state index in [4.69, 9.17) is 4.74 Å². The van der Waals surface area contributed by atoms with Gasteiger partial charge in [0.05, 0.1) is 11.6 Å². The van der Waals surface area contributed by atoms with Crippen molar-refractivity contribution in [2.45, 2.75) is 56.6 Å². The molecule has 178 valence electrons. The number of piperidine rings is 1. The van der Waals surface area contributed by atoms with Crippen molar-refractivity contribution in [1.82, 2.24) is 4.90 Å². The SMILES string of the molecule is CN1c2cc(C(=O)O)ccc2CC1c1ccc([C@@H]2CC23CCN(C(=O)[C@H]2CCCO2)CC3)cc1. The Balaban J connectivity index is 1.10. The smallest absolute Gasteiger partial charge is 0.335 e. The van der Waals surface area contributed by atoms with Crippen LogP contribution in [0, 0.1) is 5.41 Å². The van der Waals surface area contributed by atoms with Crippen LogP contribution in [0.4, 0.5) is 5.69 Å². The summed E-state index contributed by atoms with van der Waals surface area (Å²) in [6, 6.07) is 14.8. The molecule has 6 rings (SSSR count). The second-order valence-electron chi connectivity index (χ2n) is 10.6. The number of hydrogen-bond acceptors (Lipinski definition) is 4. The number of ether oxygens (including phenoxy) is 1. The van der Waals surface area contributed by atoms with E-state index in [1.165, 1.54) is 23.1 Å². The summed E-state index contributed by atoms with van der Waals surface area (Å²) in [6.45, 7) is 2.44. The molecule has 2 aromatic carbocycles. The largest absolute Gasteiger partial charge is 0.478 e. The van der Waals surface area contributed by atoms with Crippen LogP contribution in [0.3, 0.4) is 0 Å². The van der Waals surface area contributed by atoms with Gasteiger partial charge in [-0.05, 0) is 78.7 Å². The maximum Gasteiger partial charge on any atom is 0.335 e. The minimum absolute atomic E-state index is 0.200. The summed E-state index contributed by atoms with van der Waals surface area (Å²) in [6.07, 6.45) is 5.96. The summed E-state index contributed by atoms with van der Waals surface area (Å²) in [7, 11) is 2.05. The number of fused-ring (bicyclic) bond motifs is 1. The first-order valence-electron chi connectivity index (χ1n) is 12.5. The molecule has 1 amide bonds. The molecular formula is C28H32N2O4. The van der Waals surface area contributed by atoms with E-state index < -0.39 is 5.97 Å². The monoisotopic (exact) mass is 460 g/mol. The minimum Gasteiger partial charge on any atom is -0.478 e. The van der Waals surface area contributed by atoms with Crippen molar-refractivity contribution in [3.05, 3.63) is 64.7 Å². The van der Waals surface area contributed by atoms with E-state index >= 15 is 0 Å². The highest BCUT2D eigenvalue weighted by Gasteiger charge is 2.55. The summed E-state index contributed by atoms with van der Waals surface area (Å²) < 4.78 is 5.60. The van der Waals surface area contributed by atoms with Crippen molar-refractivity contribution in [3.63, 3.8) is 0 Å². The highest BCUT2D eigenvalue weighted by Crippen LogP contribution is 2.65. The van der Waals surface area contributed by atoms with Crippen molar-refractivity contribution in [3.8, 4) is 0 Å². The number of rotatable bonds is 4. The quantitative estimate of drug-likeness (QED) is 0.733. The zero-order chi connectivity index (χ0) is 23.4. The third-order valence-corrected chi connectivity index (χ3v) is 8.78. The zero-order valence-electron chi connectivity index (χ0n) is 19.7. The molecular weight excluding hydrogens is 428 g/mol. The van der Waals surface area contributed by atoms with Gasteiger partial charge in [0.2, 0.25) is 0 Å². The second kappa shape index (κ2) is 8.12. The Labute approximate surface area is 200 Å². The summed E-state index contributed by atoms with van der Waals surface area (Å²) in [5, 5.41) is 9.33. The molecule has 3 heterocycles. The van der Waals surface area contributed by atoms with E-state index in [9.17, 15) is 14.7 Å². The molecule has 1 spiro atoms. The van der Waals surface area contributed by atoms with E-state index in [0.29, 0.717) is 16.9 Å². The highest BCUT2D eigenvalue weighted by molar-refractivity contribution is 5.89. The van der Waals surface area contributed by atoms with Crippen LogP contribution in [0.5, 0.6) is 0 Å². The number of carboxylic acid groups (broad SMARTS) is 1. The van der Waals surface area contributed by atoms with Crippen LogP contribution in [-0.4, -0.2) is 54.7 Å². The number of aromatic carboxylic acids is 1. The molecule has 4 aliphatic rings. The average Bonchev–Trinajstić information content (AvgIpc) is 3.18. The number of carbonyl (C=O) groups excluding carboxylic acids is 1. The molecule has 2 saturated heterocycles. The molecule has 1 N–H and O–H groups in total. The van der Waals surface area contributed by atoms with Gasteiger partial charge in [-0.1, -0.05) is 30.3 Å². The molecule has 2 aromatic rings. The lowest BCUT2D eigenvalue weighted by atomic mass is 9.88. The van der Waals surface area contributed by atoms with E-state index in [2.05, 4.69) is 36.2 Å². The van der Waals surface area contributed by atoms with Crippen molar-refractivity contribution >= 4 is 17.6 Å². The molecule has 0 radical (unpaired) electrons. The number of anilines is 1. The Bertz CT molecular complexity index is 1110. The Morgan fingerprint density at radius 1 is 1.06 bits per heavy atom. The lowest BCUT2D eigenvalue weighted by molar-refractivity contribution is -0.142. The lowest BCUT2D eigenvalue weighted by Crippen LogP contribution is -2.44. The average molecular weight is 461 g/mol. The summed E-state index contributed by atoms with van der Waals surface area (Å²) >= 11 is 0. The number of nitrogens with zero attached hydrogens (tertiary/aromatic N) is 2. The molecule has 6 nitrogen and oxygen atoms in total. The number of amides is 1. The van der Waals surface area contributed by atoms with Crippen LogP contribution in [0.15, 0.2) is 42.5 Å². The Kier molecular flexibility index (Phi) is 5.17. The molecule has 0 bridgehead atoms. The van der Waals surface area contributed by atoms with E-state index in [1.807, 2.05) is 11.0 Å². The number of hydrogen-bond donors (Lipinski definition) is 1. The fraction of sp³-hybridized carbons (Fsp3) is 0.500. The van der Waals surface area contributed by atoms with Crippen LogP contribution in [-0.2, 0) is 16.0 Å². The van der Waals surface area contributed by atoms with Crippen LogP contribution in [0.25, 0.3) is 0 Å². The van der Waals surface area contributed by atoms with E-state index in [-0.39, 0.29) is 18.1 Å². The van der Waals surface area contributed by atoms with Gasteiger partial charge in [-0.25, -0.2) is 4.79 Å². The molecule has 1 aliphatic carbocycles. The third kappa shape index (κ3) is 3.59. The van der Waals surface area contributed by atoms with E-state index in [1.54, 1.807) is 12.1 Å². The molecule has 3 atom stereocenters. The normalized spacial score (nSPS) is 27.1. The molecule has 6 heteroatoms. The van der Waals surface area contributed by atoms with Gasteiger partial charge in [0.25, 0.3) is 5.91 Å². The van der Waals surface area contributed by atoms with Crippen molar-refractivity contribution in [2.24, 2.45) is 5.41 Å². The molecule has 0 aromatic heterocycles. The Morgan fingerprint density at radius 2 is 1.79 bits per heavy atom. The fourth-order valence-corrected chi connectivity index (χ4v) is 6.52. The molecule has 3 aliphatic heterocycles. The molecule has 3 fully saturated rings. The van der Waals surface area contributed by atoms with Crippen molar-refractivity contribution in [2.75, 3.05) is 31.6 Å². The van der Waals surface area contributed by atoms with Gasteiger partial charge in [0.1, 0.15) is 6.10 Å². The Morgan fingerprint density at radius 3 is 2.47 bits per heavy atom. The topological polar surface area (TPSA) is 70.1 Å². The zero-order valence-corrected chi connectivity index (χ0v) is 19.7. The number of carboxylic acids is 1. The molecule has 34 heavy (non-hydrogen) atoms. The van der Waals surface area contributed by atoms with Gasteiger partial charge in [-0.2, -0.15) is 0 Å². The first kappa shape index (κ1) is 21.7. The molecule has 1 unspecified atom stereocenters. The number of likely N-dealkylation sites (N-methyl/N-ethyl adjacent to an activating group) is 1. The summed E-state index contributed by atoms with van der Waals surface area (Å²) in [4.78, 5) is 28.3. The fourth-order valence-electron chi connectivity index (χ4n) is 6.52. The van der Waals surface area contributed by atoms with Gasteiger partial charge in [-0.3, -0.25) is 4.79 Å².